The lowest BCUT2D eigenvalue weighted by molar-refractivity contribution is 0.133. The second-order valence-corrected chi connectivity index (χ2v) is 5.41. The fraction of sp³-hybridized carbons (Fsp3) is 0.583. The molecule has 3 N–H and O–H groups in total. The van der Waals surface area contributed by atoms with Gasteiger partial charge in [-0.1, -0.05) is 11.6 Å². The molecule has 1 aromatic rings. The van der Waals surface area contributed by atoms with Crippen LogP contribution < -0.4 is 10.6 Å². The van der Waals surface area contributed by atoms with E-state index >= 15 is 0 Å². The van der Waals surface area contributed by atoms with Crippen LogP contribution in [0.3, 0.4) is 0 Å². The number of fused-ring (bicyclic) bond motifs is 1. The Labute approximate surface area is 105 Å². The van der Waals surface area contributed by atoms with Gasteiger partial charge in [0.15, 0.2) is 5.82 Å². The normalized spacial score (nSPS) is 31.9. The number of anilines is 2. The zero-order valence-electron chi connectivity index (χ0n) is 9.51. The molecule has 0 radical (unpaired) electrons. The molecular formula is C12H16ClN3O. The van der Waals surface area contributed by atoms with Crippen LogP contribution in [0.1, 0.15) is 12.8 Å². The van der Waals surface area contributed by atoms with Gasteiger partial charge in [0.2, 0.25) is 0 Å². The quantitative estimate of drug-likeness (QED) is 0.745. The maximum Gasteiger partial charge on any atom is 0.153 e. The van der Waals surface area contributed by atoms with Gasteiger partial charge in [-0.25, -0.2) is 4.98 Å². The molecule has 17 heavy (non-hydrogen) atoms. The molecule has 1 aliphatic heterocycles. The van der Waals surface area contributed by atoms with Gasteiger partial charge in [-0.15, -0.1) is 0 Å². The summed E-state index contributed by atoms with van der Waals surface area (Å²) in [4.78, 5) is 6.44. The molecule has 1 saturated heterocycles. The van der Waals surface area contributed by atoms with E-state index in [1.54, 1.807) is 12.1 Å². The summed E-state index contributed by atoms with van der Waals surface area (Å²) >= 11 is 5.90. The zero-order chi connectivity index (χ0) is 12.0. The highest BCUT2D eigenvalue weighted by molar-refractivity contribution is 6.29. The number of hydrogen-bond acceptors (Lipinski definition) is 4. The van der Waals surface area contributed by atoms with Crippen molar-refractivity contribution in [3.05, 3.63) is 17.3 Å². The van der Waals surface area contributed by atoms with Crippen molar-refractivity contribution in [3.63, 3.8) is 0 Å². The van der Waals surface area contributed by atoms with E-state index in [-0.39, 0.29) is 6.10 Å². The van der Waals surface area contributed by atoms with Crippen molar-refractivity contribution >= 4 is 23.1 Å². The summed E-state index contributed by atoms with van der Waals surface area (Å²) in [5.41, 5.74) is 6.59. The lowest BCUT2D eigenvalue weighted by Crippen LogP contribution is -2.25. The fourth-order valence-electron chi connectivity index (χ4n) is 3.10. The van der Waals surface area contributed by atoms with E-state index in [9.17, 15) is 5.11 Å². The molecule has 3 unspecified atom stereocenters. The van der Waals surface area contributed by atoms with Gasteiger partial charge < -0.3 is 15.7 Å². The molecule has 2 heterocycles. The summed E-state index contributed by atoms with van der Waals surface area (Å²) in [6.07, 6.45) is 1.87. The fourth-order valence-corrected chi connectivity index (χ4v) is 3.24. The molecule has 1 aliphatic carbocycles. The number of aliphatic hydroxyl groups is 1. The highest BCUT2D eigenvalue weighted by atomic mass is 35.5. The zero-order valence-corrected chi connectivity index (χ0v) is 10.3. The predicted octanol–water partition coefficient (Wildman–Crippen LogP) is 1.52. The first-order valence-electron chi connectivity index (χ1n) is 6.00. The Morgan fingerprint density at radius 2 is 2.18 bits per heavy atom. The first-order valence-corrected chi connectivity index (χ1v) is 6.38. The largest absolute Gasteiger partial charge is 0.396 e. The number of nitrogen functional groups attached to an aromatic ring is 1. The Balaban J connectivity index is 1.85. The Morgan fingerprint density at radius 3 is 2.94 bits per heavy atom. The molecule has 2 fully saturated rings. The van der Waals surface area contributed by atoms with Gasteiger partial charge in [-0.3, -0.25) is 0 Å². The average molecular weight is 254 g/mol. The predicted molar refractivity (Wildman–Crippen MR) is 68.1 cm³/mol. The number of rotatable bonds is 1. The van der Waals surface area contributed by atoms with Crippen LogP contribution >= 0.6 is 11.6 Å². The molecule has 0 aromatic carbocycles. The van der Waals surface area contributed by atoms with E-state index in [0.29, 0.717) is 22.7 Å². The SMILES string of the molecule is Nc1ccc(Cl)nc1N1CC2CCC(O)C2C1. The summed E-state index contributed by atoms with van der Waals surface area (Å²) in [6.45, 7) is 1.77. The maximum atomic E-state index is 9.88. The molecular weight excluding hydrogens is 238 g/mol. The third-order valence-corrected chi connectivity index (χ3v) is 4.20. The molecule has 92 valence electrons. The van der Waals surface area contributed by atoms with Crippen molar-refractivity contribution in [3.8, 4) is 0 Å². The minimum Gasteiger partial charge on any atom is -0.396 e. The number of pyridine rings is 1. The van der Waals surface area contributed by atoms with Crippen LogP contribution in [0.5, 0.6) is 0 Å². The average Bonchev–Trinajstić information content (AvgIpc) is 2.85. The molecule has 1 aromatic heterocycles. The summed E-state index contributed by atoms with van der Waals surface area (Å²) in [5.74, 6) is 1.71. The standard InChI is InChI=1S/C12H16ClN3O/c13-11-4-2-9(14)12(15-11)16-5-7-1-3-10(17)8(7)6-16/h2,4,7-8,10,17H,1,3,5-6,14H2. The van der Waals surface area contributed by atoms with E-state index in [1.165, 1.54) is 0 Å². The second-order valence-electron chi connectivity index (χ2n) is 5.02. The molecule has 0 amide bonds. The van der Waals surface area contributed by atoms with Gasteiger partial charge >= 0.3 is 0 Å². The van der Waals surface area contributed by atoms with E-state index in [1.807, 2.05) is 0 Å². The molecule has 0 bridgehead atoms. The van der Waals surface area contributed by atoms with Crippen LogP contribution in [0.25, 0.3) is 0 Å². The Hall–Kier alpha value is -1.00. The Bertz CT molecular complexity index is 440. The molecule has 2 aliphatic rings. The van der Waals surface area contributed by atoms with Crippen LogP contribution in [-0.2, 0) is 0 Å². The lowest BCUT2D eigenvalue weighted by atomic mass is 10.00. The van der Waals surface area contributed by atoms with Crippen molar-refractivity contribution in [2.24, 2.45) is 11.8 Å². The van der Waals surface area contributed by atoms with Crippen LogP contribution in [-0.4, -0.2) is 29.3 Å². The van der Waals surface area contributed by atoms with Gasteiger partial charge in [0.1, 0.15) is 5.15 Å². The Kier molecular flexibility index (Phi) is 2.64. The smallest absolute Gasteiger partial charge is 0.153 e. The van der Waals surface area contributed by atoms with Crippen molar-refractivity contribution in [2.75, 3.05) is 23.7 Å². The highest BCUT2D eigenvalue weighted by Crippen LogP contribution is 2.40. The highest BCUT2D eigenvalue weighted by Gasteiger charge is 2.42. The van der Waals surface area contributed by atoms with E-state index in [4.69, 9.17) is 17.3 Å². The van der Waals surface area contributed by atoms with E-state index in [0.717, 1.165) is 31.7 Å². The van der Waals surface area contributed by atoms with E-state index < -0.39 is 0 Å². The molecule has 3 rings (SSSR count). The third-order valence-electron chi connectivity index (χ3n) is 3.99. The lowest BCUT2D eigenvalue weighted by Gasteiger charge is -2.21. The van der Waals surface area contributed by atoms with Gasteiger partial charge in [0, 0.05) is 19.0 Å². The number of aliphatic hydroxyl groups excluding tert-OH is 1. The van der Waals surface area contributed by atoms with Crippen molar-refractivity contribution in [1.29, 1.82) is 0 Å². The molecule has 3 atom stereocenters. The Morgan fingerprint density at radius 1 is 1.35 bits per heavy atom. The van der Waals surface area contributed by atoms with Gasteiger partial charge in [0.25, 0.3) is 0 Å². The number of nitrogens with zero attached hydrogens (tertiary/aromatic N) is 2. The minimum atomic E-state index is -0.162. The van der Waals surface area contributed by atoms with Gasteiger partial charge in [-0.05, 0) is 30.9 Å². The summed E-state index contributed by atoms with van der Waals surface area (Å²) in [7, 11) is 0. The number of hydrogen-bond donors (Lipinski definition) is 2. The molecule has 4 nitrogen and oxygen atoms in total. The number of nitrogens with two attached hydrogens (primary N) is 1. The topological polar surface area (TPSA) is 62.4 Å². The van der Waals surface area contributed by atoms with Crippen LogP contribution in [0.2, 0.25) is 5.15 Å². The molecule has 0 spiro atoms. The second kappa shape index (κ2) is 4.03. The van der Waals surface area contributed by atoms with Crippen molar-refractivity contribution < 1.29 is 5.11 Å². The minimum absolute atomic E-state index is 0.162. The first-order chi connectivity index (χ1) is 8.15. The summed E-state index contributed by atoms with van der Waals surface area (Å²) in [5, 5.41) is 10.3. The van der Waals surface area contributed by atoms with Crippen molar-refractivity contribution in [2.45, 2.75) is 18.9 Å². The van der Waals surface area contributed by atoms with Crippen LogP contribution in [0, 0.1) is 11.8 Å². The molecule has 1 saturated carbocycles. The van der Waals surface area contributed by atoms with Crippen LogP contribution in [0.4, 0.5) is 11.5 Å². The van der Waals surface area contributed by atoms with Gasteiger partial charge in [-0.2, -0.15) is 0 Å². The number of halogens is 1. The number of aromatic nitrogens is 1. The van der Waals surface area contributed by atoms with Crippen LogP contribution in [0.15, 0.2) is 12.1 Å². The summed E-state index contributed by atoms with van der Waals surface area (Å²) in [6, 6.07) is 3.49. The van der Waals surface area contributed by atoms with Gasteiger partial charge in [0.05, 0.1) is 11.8 Å². The maximum absolute atomic E-state index is 9.88. The third kappa shape index (κ3) is 1.85. The summed E-state index contributed by atoms with van der Waals surface area (Å²) < 4.78 is 0. The monoisotopic (exact) mass is 253 g/mol. The van der Waals surface area contributed by atoms with E-state index in [2.05, 4.69) is 9.88 Å². The molecule has 5 heteroatoms. The van der Waals surface area contributed by atoms with Crippen molar-refractivity contribution in [1.82, 2.24) is 4.98 Å². The first kappa shape index (κ1) is 11.1.